The van der Waals surface area contributed by atoms with Crippen LogP contribution in [-0.2, 0) is 9.53 Å². The Morgan fingerprint density at radius 3 is 1.81 bits per heavy atom. The van der Waals surface area contributed by atoms with Gasteiger partial charge in [0.1, 0.15) is 0 Å². The summed E-state index contributed by atoms with van der Waals surface area (Å²) in [6.45, 7) is -0.131. The van der Waals surface area contributed by atoms with Gasteiger partial charge in [-0.25, -0.2) is 4.79 Å². The Morgan fingerprint density at radius 1 is 0.952 bits per heavy atom. The molecule has 0 aromatic rings. The van der Waals surface area contributed by atoms with Crippen molar-refractivity contribution in [3.05, 3.63) is 12.2 Å². The number of alkyl halides is 9. The molecule has 0 aromatic carbocycles. The maximum Gasteiger partial charge on any atom is 0.460 e. The Labute approximate surface area is 112 Å². The first-order chi connectivity index (χ1) is 9.20. The lowest BCUT2D eigenvalue weighted by atomic mass is 10.0. The fourth-order valence-corrected chi connectivity index (χ4v) is 1.03. The predicted molar refractivity (Wildman–Crippen MR) is 51.3 cm³/mol. The molecule has 21 heavy (non-hydrogen) atoms. The molecule has 0 heterocycles. The minimum atomic E-state index is -6.93. The minimum Gasteiger partial charge on any atom is -0.462 e. The molecule has 0 aliphatic carbocycles. The molecule has 2 nitrogen and oxygen atoms in total. The molecule has 124 valence electrons. The second kappa shape index (κ2) is 6.14. The van der Waals surface area contributed by atoms with Gasteiger partial charge in [0.2, 0.25) is 0 Å². The third-order valence-electron chi connectivity index (χ3n) is 2.17. The van der Waals surface area contributed by atoms with E-state index < -0.39 is 42.9 Å². The van der Waals surface area contributed by atoms with Gasteiger partial charge in [0.15, 0.2) is 0 Å². The molecule has 0 aliphatic heterocycles. The Kier molecular flexibility index (Phi) is 5.73. The van der Waals surface area contributed by atoms with Gasteiger partial charge in [0, 0.05) is 6.08 Å². The van der Waals surface area contributed by atoms with E-state index in [9.17, 15) is 44.3 Å². The lowest BCUT2D eigenvalue weighted by molar-refractivity contribution is -0.397. The maximum atomic E-state index is 12.9. The van der Waals surface area contributed by atoms with Gasteiger partial charge in [0.25, 0.3) is 0 Å². The van der Waals surface area contributed by atoms with E-state index >= 15 is 0 Å². The summed E-state index contributed by atoms with van der Waals surface area (Å²) in [6.07, 6.45) is -7.25. The van der Waals surface area contributed by atoms with Crippen LogP contribution in [0.5, 0.6) is 0 Å². The minimum absolute atomic E-state index is 0.709. The number of carbonyl (C=O) groups is 1. The van der Waals surface area contributed by atoms with E-state index in [2.05, 4.69) is 4.74 Å². The fraction of sp³-hybridized carbons (Fsp3) is 0.700. The van der Waals surface area contributed by atoms with Crippen molar-refractivity contribution in [1.82, 2.24) is 0 Å². The zero-order valence-corrected chi connectivity index (χ0v) is 10.3. The van der Waals surface area contributed by atoms with Crippen molar-refractivity contribution in [2.75, 3.05) is 6.61 Å². The lowest BCUT2D eigenvalue weighted by Crippen LogP contribution is -2.61. The molecule has 0 bridgehead atoms. The number of allylic oxidation sites excluding steroid dienone is 1. The first-order valence-electron chi connectivity index (χ1n) is 5.20. The summed E-state index contributed by atoms with van der Waals surface area (Å²) in [5.74, 6) is -20.6. The quantitative estimate of drug-likeness (QED) is 0.418. The summed E-state index contributed by atoms with van der Waals surface area (Å²) < 4.78 is 115. The van der Waals surface area contributed by atoms with E-state index in [0.717, 1.165) is 6.08 Å². The normalized spacial score (nSPS) is 14.6. The van der Waals surface area contributed by atoms with Crippen LogP contribution in [0.2, 0.25) is 0 Å². The number of ether oxygens (including phenoxy) is 1. The molecule has 0 radical (unpaired) electrons. The fourth-order valence-electron chi connectivity index (χ4n) is 1.03. The third kappa shape index (κ3) is 4.03. The highest BCUT2D eigenvalue weighted by atomic mass is 19.4. The standard InChI is InChI=1S/C10H9F9O2/c1-2-3-6(20)21-5-4-7(11,12)8(13,14)9(15,16)10(17,18)19/h2-3H,4-5H2,1H3. The number of hydrogen-bond donors (Lipinski definition) is 0. The molecule has 0 atom stereocenters. The molecule has 0 N–H and O–H groups in total. The van der Waals surface area contributed by atoms with Gasteiger partial charge in [0.05, 0.1) is 13.0 Å². The molecule has 0 saturated heterocycles. The molecule has 11 heteroatoms. The van der Waals surface area contributed by atoms with Crippen molar-refractivity contribution >= 4 is 5.97 Å². The summed E-state index contributed by atoms with van der Waals surface area (Å²) in [5, 5.41) is 0. The number of halogens is 9. The first kappa shape index (κ1) is 19.6. The van der Waals surface area contributed by atoms with Gasteiger partial charge in [-0.1, -0.05) is 6.08 Å². The van der Waals surface area contributed by atoms with E-state index in [-0.39, 0.29) is 0 Å². The Balaban J connectivity index is 5.01. The van der Waals surface area contributed by atoms with Crippen LogP contribution in [0.15, 0.2) is 12.2 Å². The van der Waals surface area contributed by atoms with E-state index in [1.807, 2.05) is 0 Å². The topological polar surface area (TPSA) is 26.3 Å². The maximum absolute atomic E-state index is 12.9. The summed E-state index contributed by atoms with van der Waals surface area (Å²) in [5.41, 5.74) is 0. The van der Waals surface area contributed by atoms with E-state index in [4.69, 9.17) is 0 Å². The van der Waals surface area contributed by atoms with E-state index in [0.29, 0.717) is 6.08 Å². The smallest absolute Gasteiger partial charge is 0.460 e. The van der Waals surface area contributed by atoms with E-state index in [1.54, 1.807) is 0 Å². The van der Waals surface area contributed by atoms with Crippen LogP contribution >= 0.6 is 0 Å². The summed E-state index contributed by atoms with van der Waals surface area (Å²) >= 11 is 0. The van der Waals surface area contributed by atoms with Gasteiger partial charge in [-0.2, -0.15) is 39.5 Å². The molecular weight excluding hydrogens is 323 g/mol. The van der Waals surface area contributed by atoms with Gasteiger partial charge in [-0.3, -0.25) is 0 Å². The van der Waals surface area contributed by atoms with Crippen LogP contribution in [0.25, 0.3) is 0 Å². The summed E-state index contributed by atoms with van der Waals surface area (Å²) in [6, 6.07) is 0. The van der Waals surface area contributed by atoms with Crippen LogP contribution in [0, 0.1) is 0 Å². The van der Waals surface area contributed by atoms with Crippen LogP contribution in [0.1, 0.15) is 13.3 Å². The van der Waals surface area contributed by atoms with Gasteiger partial charge in [-0.05, 0) is 6.92 Å². The van der Waals surface area contributed by atoms with Crippen molar-refractivity contribution in [3.8, 4) is 0 Å². The molecule has 0 aliphatic rings. The summed E-state index contributed by atoms with van der Waals surface area (Å²) in [7, 11) is 0. The zero-order chi connectivity index (χ0) is 17.1. The van der Waals surface area contributed by atoms with Crippen molar-refractivity contribution < 1.29 is 49.0 Å². The summed E-state index contributed by atoms with van der Waals surface area (Å²) in [4.78, 5) is 10.7. The largest absolute Gasteiger partial charge is 0.462 e. The lowest BCUT2D eigenvalue weighted by Gasteiger charge is -2.33. The van der Waals surface area contributed by atoms with Crippen LogP contribution in [0.4, 0.5) is 39.5 Å². The van der Waals surface area contributed by atoms with Crippen molar-refractivity contribution in [1.29, 1.82) is 0 Å². The highest BCUT2D eigenvalue weighted by molar-refractivity contribution is 5.81. The number of hydrogen-bond acceptors (Lipinski definition) is 2. The van der Waals surface area contributed by atoms with Crippen LogP contribution < -0.4 is 0 Å². The molecule has 0 amide bonds. The third-order valence-corrected chi connectivity index (χ3v) is 2.17. The molecule has 0 unspecified atom stereocenters. The molecule has 0 fully saturated rings. The van der Waals surface area contributed by atoms with Crippen LogP contribution in [0.3, 0.4) is 0 Å². The van der Waals surface area contributed by atoms with Crippen molar-refractivity contribution in [2.45, 2.75) is 37.3 Å². The van der Waals surface area contributed by atoms with Gasteiger partial charge in [-0.15, -0.1) is 0 Å². The number of carbonyl (C=O) groups excluding carboxylic acids is 1. The van der Waals surface area contributed by atoms with E-state index in [1.165, 1.54) is 6.92 Å². The highest BCUT2D eigenvalue weighted by Gasteiger charge is 2.81. The van der Waals surface area contributed by atoms with Gasteiger partial charge < -0.3 is 4.74 Å². The van der Waals surface area contributed by atoms with Crippen molar-refractivity contribution in [2.24, 2.45) is 0 Å². The zero-order valence-electron chi connectivity index (χ0n) is 10.3. The Bertz CT molecular complexity index is 398. The molecule has 0 aromatic heterocycles. The molecule has 0 rings (SSSR count). The SMILES string of the molecule is CC=CC(=O)OCCC(F)(F)C(F)(F)C(F)(F)C(F)(F)F. The number of rotatable bonds is 6. The monoisotopic (exact) mass is 332 g/mol. The van der Waals surface area contributed by atoms with Gasteiger partial charge >= 0.3 is 29.9 Å². The highest BCUT2D eigenvalue weighted by Crippen LogP contribution is 2.53. The molecule has 0 saturated carbocycles. The number of esters is 1. The van der Waals surface area contributed by atoms with Crippen LogP contribution in [-0.4, -0.2) is 36.5 Å². The second-order valence-electron chi connectivity index (χ2n) is 3.77. The Hall–Kier alpha value is -1.42. The van der Waals surface area contributed by atoms with Crippen molar-refractivity contribution in [3.63, 3.8) is 0 Å². The Morgan fingerprint density at radius 2 is 1.43 bits per heavy atom. The average Bonchev–Trinajstić information content (AvgIpc) is 2.26. The molecule has 0 spiro atoms. The second-order valence-corrected chi connectivity index (χ2v) is 3.77. The average molecular weight is 332 g/mol. The molecular formula is C10H9F9O2. The first-order valence-corrected chi connectivity index (χ1v) is 5.20. The predicted octanol–water partition coefficient (Wildman–Crippen LogP) is 3.96.